The smallest absolute Gasteiger partial charge is 0.357 e. The minimum Gasteiger partial charge on any atom is -0.461 e. The van der Waals surface area contributed by atoms with Gasteiger partial charge in [-0.2, -0.15) is 0 Å². The minimum atomic E-state index is -0.341. The first kappa shape index (κ1) is 23.7. The van der Waals surface area contributed by atoms with Crippen LogP contribution in [0.2, 0.25) is 0 Å². The van der Waals surface area contributed by atoms with Crippen molar-refractivity contribution in [2.24, 2.45) is 0 Å². The van der Waals surface area contributed by atoms with Gasteiger partial charge in [0.15, 0.2) is 5.69 Å². The summed E-state index contributed by atoms with van der Waals surface area (Å²) >= 11 is 1.52. The molecule has 0 atom stereocenters. The number of thiazole rings is 1. The van der Waals surface area contributed by atoms with Crippen molar-refractivity contribution in [2.45, 2.75) is 51.5 Å². The third-order valence-electron chi connectivity index (χ3n) is 6.42. The van der Waals surface area contributed by atoms with Crippen LogP contribution in [0.1, 0.15) is 53.7 Å². The first-order chi connectivity index (χ1) is 16.1. The number of hydrogen-bond acceptors (Lipinski definition) is 7. The molecule has 4 rings (SSSR count). The van der Waals surface area contributed by atoms with Gasteiger partial charge in [-0.15, -0.1) is 11.3 Å². The SMILES string of the molecule is CCOC(=O)c1csc(CCNC2CCN(c3ccc(CC(=O)N4CCCC4)cc3)CC2)n1. The maximum atomic E-state index is 12.4. The second-order valence-electron chi connectivity index (χ2n) is 8.74. The van der Waals surface area contributed by atoms with E-state index in [1.54, 1.807) is 12.3 Å². The molecule has 0 aliphatic carbocycles. The fourth-order valence-corrected chi connectivity index (χ4v) is 5.29. The van der Waals surface area contributed by atoms with Gasteiger partial charge in [0.1, 0.15) is 0 Å². The van der Waals surface area contributed by atoms with Crippen LogP contribution in [0.3, 0.4) is 0 Å². The molecule has 0 spiro atoms. The normalized spacial score (nSPS) is 16.9. The lowest BCUT2D eigenvalue weighted by Crippen LogP contribution is -2.43. The Morgan fingerprint density at radius 2 is 1.85 bits per heavy atom. The zero-order valence-electron chi connectivity index (χ0n) is 19.4. The molecule has 1 amide bonds. The van der Waals surface area contributed by atoms with E-state index in [-0.39, 0.29) is 11.9 Å². The van der Waals surface area contributed by atoms with E-state index in [9.17, 15) is 9.59 Å². The van der Waals surface area contributed by atoms with Crippen LogP contribution in [0.4, 0.5) is 5.69 Å². The molecule has 2 saturated heterocycles. The summed E-state index contributed by atoms with van der Waals surface area (Å²) < 4.78 is 5.00. The van der Waals surface area contributed by atoms with E-state index >= 15 is 0 Å². The summed E-state index contributed by atoms with van der Waals surface area (Å²) in [7, 11) is 0. The summed E-state index contributed by atoms with van der Waals surface area (Å²) in [4.78, 5) is 32.9. The summed E-state index contributed by atoms with van der Waals surface area (Å²) in [5, 5.41) is 6.39. The molecule has 33 heavy (non-hydrogen) atoms. The number of ether oxygens (including phenoxy) is 1. The number of carbonyl (C=O) groups excluding carboxylic acids is 2. The molecule has 0 saturated carbocycles. The van der Waals surface area contributed by atoms with Gasteiger partial charge in [0.25, 0.3) is 0 Å². The molecular formula is C25H34N4O3S. The highest BCUT2D eigenvalue weighted by Gasteiger charge is 2.20. The Bertz CT molecular complexity index is 916. The Kier molecular flexibility index (Phi) is 8.34. The zero-order chi connectivity index (χ0) is 23.0. The number of benzene rings is 1. The summed E-state index contributed by atoms with van der Waals surface area (Å²) in [5.41, 5.74) is 2.75. The standard InChI is InChI=1S/C25H34N4O3S/c1-2-32-25(31)22-18-33-23(27-22)9-12-26-20-10-15-28(16-11-20)21-7-5-19(6-8-21)17-24(30)29-13-3-4-14-29/h5-8,18,20,26H,2-4,9-17H2,1H3. The van der Waals surface area contributed by atoms with Crippen LogP contribution in [0, 0.1) is 0 Å². The van der Waals surface area contributed by atoms with Crippen molar-refractivity contribution in [3.8, 4) is 0 Å². The molecule has 2 aliphatic heterocycles. The highest BCUT2D eigenvalue weighted by Crippen LogP contribution is 2.21. The van der Waals surface area contributed by atoms with Crippen molar-refractivity contribution in [3.05, 3.63) is 45.9 Å². The summed E-state index contributed by atoms with van der Waals surface area (Å²) in [6, 6.07) is 9.02. The number of hydrogen-bond donors (Lipinski definition) is 1. The molecule has 2 aliphatic rings. The second kappa shape index (κ2) is 11.6. The average Bonchev–Trinajstić information content (AvgIpc) is 3.53. The second-order valence-corrected chi connectivity index (χ2v) is 9.69. The number of amides is 1. The number of rotatable bonds is 9. The van der Waals surface area contributed by atoms with E-state index in [1.165, 1.54) is 17.0 Å². The van der Waals surface area contributed by atoms with Crippen LogP contribution in [0.5, 0.6) is 0 Å². The number of anilines is 1. The van der Waals surface area contributed by atoms with Gasteiger partial charge in [0.05, 0.1) is 18.0 Å². The first-order valence-corrected chi connectivity index (χ1v) is 13.0. The fourth-order valence-electron chi connectivity index (χ4n) is 4.53. The number of likely N-dealkylation sites (tertiary alicyclic amines) is 1. The van der Waals surface area contributed by atoms with Crippen LogP contribution in [0.15, 0.2) is 29.6 Å². The van der Waals surface area contributed by atoms with Crippen LogP contribution in [0.25, 0.3) is 0 Å². The molecule has 3 heterocycles. The van der Waals surface area contributed by atoms with Crippen LogP contribution < -0.4 is 10.2 Å². The maximum Gasteiger partial charge on any atom is 0.357 e. The monoisotopic (exact) mass is 470 g/mol. The molecule has 8 heteroatoms. The van der Waals surface area contributed by atoms with Crippen molar-refractivity contribution >= 4 is 28.9 Å². The number of carbonyl (C=O) groups is 2. The van der Waals surface area contributed by atoms with Crippen molar-refractivity contribution in [1.82, 2.24) is 15.2 Å². The largest absolute Gasteiger partial charge is 0.461 e. The Morgan fingerprint density at radius 3 is 2.55 bits per heavy atom. The molecular weight excluding hydrogens is 436 g/mol. The summed E-state index contributed by atoms with van der Waals surface area (Å²) in [5.74, 6) is -0.0893. The van der Waals surface area contributed by atoms with Gasteiger partial charge in [0, 0.05) is 56.3 Å². The van der Waals surface area contributed by atoms with Crippen molar-refractivity contribution in [2.75, 3.05) is 44.2 Å². The van der Waals surface area contributed by atoms with E-state index in [0.717, 1.165) is 75.4 Å². The lowest BCUT2D eigenvalue weighted by molar-refractivity contribution is -0.129. The predicted octanol–water partition coefficient (Wildman–Crippen LogP) is 3.29. The number of piperidine rings is 1. The van der Waals surface area contributed by atoms with E-state index in [1.807, 2.05) is 4.90 Å². The van der Waals surface area contributed by atoms with Gasteiger partial charge in [-0.3, -0.25) is 4.79 Å². The summed E-state index contributed by atoms with van der Waals surface area (Å²) in [6.07, 6.45) is 5.80. The minimum absolute atomic E-state index is 0.252. The van der Waals surface area contributed by atoms with E-state index in [0.29, 0.717) is 24.8 Å². The number of aromatic nitrogens is 1. The van der Waals surface area contributed by atoms with Gasteiger partial charge >= 0.3 is 5.97 Å². The first-order valence-electron chi connectivity index (χ1n) is 12.1. The number of nitrogens with zero attached hydrogens (tertiary/aromatic N) is 3. The molecule has 0 unspecified atom stereocenters. The van der Waals surface area contributed by atoms with Crippen molar-refractivity contribution in [1.29, 1.82) is 0 Å². The van der Waals surface area contributed by atoms with Crippen molar-refractivity contribution < 1.29 is 14.3 Å². The van der Waals surface area contributed by atoms with E-state index < -0.39 is 0 Å². The fraction of sp³-hybridized carbons (Fsp3) is 0.560. The Hall–Kier alpha value is -2.45. The van der Waals surface area contributed by atoms with Crippen LogP contribution in [-0.4, -0.2) is 67.1 Å². The molecule has 1 aromatic carbocycles. The van der Waals surface area contributed by atoms with Gasteiger partial charge in [0.2, 0.25) is 5.91 Å². The summed E-state index contributed by atoms with van der Waals surface area (Å²) in [6.45, 7) is 6.90. The molecule has 2 fully saturated rings. The third-order valence-corrected chi connectivity index (χ3v) is 7.33. The molecule has 7 nitrogen and oxygen atoms in total. The number of esters is 1. The molecule has 0 radical (unpaired) electrons. The van der Waals surface area contributed by atoms with Gasteiger partial charge in [-0.1, -0.05) is 12.1 Å². The highest BCUT2D eigenvalue weighted by atomic mass is 32.1. The molecule has 178 valence electrons. The Morgan fingerprint density at radius 1 is 1.12 bits per heavy atom. The molecule has 2 aromatic rings. The zero-order valence-corrected chi connectivity index (χ0v) is 20.2. The van der Waals surface area contributed by atoms with Gasteiger partial charge in [-0.25, -0.2) is 9.78 Å². The van der Waals surface area contributed by atoms with E-state index in [4.69, 9.17) is 4.74 Å². The molecule has 0 bridgehead atoms. The quantitative estimate of drug-likeness (QED) is 0.567. The van der Waals surface area contributed by atoms with Crippen LogP contribution >= 0.6 is 11.3 Å². The van der Waals surface area contributed by atoms with Gasteiger partial charge < -0.3 is 19.9 Å². The van der Waals surface area contributed by atoms with Crippen LogP contribution in [-0.2, 0) is 22.4 Å². The third kappa shape index (κ3) is 6.54. The Labute approximate surface area is 200 Å². The lowest BCUT2D eigenvalue weighted by atomic mass is 10.0. The topological polar surface area (TPSA) is 74.8 Å². The lowest BCUT2D eigenvalue weighted by Gasteiger charge is -2.34. The highest BCUT2D eigenvalue weighted by molar-refractivity contribution is 7.09. The van der Waals surface area contributed by atoms with E-state index in [2.05, 4.69) is 39.5 Å². The number of nitrogens with one attached hydrogen (secondary N) is 1. The van der Waals surface area contributed by atoms with Crippen molar-refractivity contribution in [3.63, 3.8) is 0 Å². The maximum absolute atomic E-state index is 12.4. The average molecular weight is 471 g/mol. The molecule has 1 aromatic heterocycles. The molecule has 1 N–H and O–H groups in total. The Balaban J connectivity index is 1.17. The predicted molar refractivity (Wildman–Crippen MR) is 131 cm³/mol. The van der Waals surface area contributed by atoms with Gasteiger partial charge in [-0.05, 0) is 50.3 Å².